The first-order valence-electron chi connectivity index (χ1n) is 8.30. The van der Waals surface area contributed by atoms with Gasteiger partial charge in [0.05, 0.1) is 15.9 Å². The molecule has 0 bridgehead atoms. The van der Waals surface area contributed by atoms with Crippen LogP contribution in [0.15, 0.2) is 35.4 Å². The van der Waals surface area contributed by atoms with Crippen molar-refractivity contribution >= 4 is 27.5 Å². The Bertz CT molecular complexity index is 959. The second kappa shape index (κ2) is 7.08. The van der Waals surface area contributed by atoms with Crippen LogP contribution in [0.25, 0.3) is 0 Å². The molecule has 11 heteroatoms. The van der Waals surface area contributed by atoms with Gasteiger partial charge in [0.15, 0.2) is 0 Å². The van der Waals surface area contributed by atoms with Gasteiger partial charge in [0.2, 0.25) is 21.8 Å². The highest BCUT2D eigenvalue weighted by Crippen LogP contribution is 2.31. The number of nitro groups is 1. The molecule has 10 nitrogen and oxygen atoms in total. The highest BCUT2D eigenvalue weighted by molar-refractivity contribution is 7.89. The molecule has 1 fully saturated rings. The van der Waals surface area contributed by atoms with Crippen molar-refractivity contribution in [1.82, 2.24) is 9.97 Å². The number of nitrogens with two attached hydrogens (primary N) is 1. The number of hydrogen-bond acceptors (Lipinski definition) is 8. The van der Waals surface area contributed by atoms with Crippen LogP contribution in [0.2, 0.25) is 0 Å². The van der Waals surface area contributed by atoms with E-state index in [1.807, 2.05) is 6.92 Å². The number of nitrogens with zero attached hydrogens (tertiary/aromatic N) is 4. The van der Waals surface area contributed by atoms with Crippen LogP contribution in [-0.4, -0.2) is 36.4 Å². The summed E-state index contributed by atoms with van der Waals surface area (Å²) < 4.78 is 22.7. The number of nitrogens with one attached hydrogen (secondary N) is 1. The molecular weight excluding hydrogens is 372 g/mol. The number of rotatable bonds is 7. The van der Waals surface area contributed by atoms with Crippen molar-refractivity contribution in [3.05, 3.63) is 46.1 Å². The van der Waals surface area contributed by atoms with Gasteiger partial charge in [-0.1, -0.05) is 12.1 Å². The third-order valence-electron chi connectivity index (χ3n) is 4.46. The van der Waals surface area contributed by atoms with Crippen LogP contribution in [0.3, 0.4) is 0 Å². The molecule has 27 heavy (non-hydrogen) atoms. The van der Waals surface area contributed by atoms with Crippen molar-refractivity contribution in [2.24, 2.45) is 5.14 Å². The van der Waals surface area contributed by atoms with E-state index in [1.165, 1.54) is 18.3 Å². The molecule has 3 N–H and O–H groups in total. The van der Waals surface area contributed by atoms with E-state index in [1.54, 1.807) is 24.1 Å². The summed E-state index contributed by atoms with van der Waals surface area (Å²) in [4.78, 5) is 20.9. The third-order valence-corrected chi connectivity index (χ3v) is 5.39. The lowest BCUT2D eigenvalue weighted by molar-refractivity contribution is -0.384. The Hall–Kier alpha value is -2.79. The smallest absolute Gasteiger partial charge is 0.329 e. The van der Waals surface area contributed by atoms with E-state index < -0.39 is 14.9 Å². The van der Waals surface area contributed by atoms with E-state index in [0.717, 1.165) is 18.4 Å². The number of primary sulfonamides is 1. The fourth-order valence-electron chi connectivity index (χ4n) is 2.53. The Kier molecular flexibility index (Phi) is 4.98. The van der Waals surface area contributed by atoms with Crippen LogP contribution in [0.1, 0.15) is 31.4 Å². The topological polar surface area (TPSA) is 144 Å². The molecule has 1 heterocycles. The summed E-state index contributed by atoms with van der Waals surface area (Å²) in [6, 6.07) is 6.21. The Morgan fingerprint density at radius 3 is 2.48 bits per heavy atom. The second-order valence-corrected chi connectivity index (χ2v) is 8.04. The maximum atomic E-state index is 11.4. The standard InChI is InChI=1S/C16H20N6O4S/c1-10(11-3-7-13(8-4-11)27(17,25)26)21(2)16-18-9-14(22(23)24)15(20-16)19-12-5-6-12/h3-4,7-10,12H,5-6H2,1-2H3,(H2,17,25,26)(H,18,19,20). The van der Waals surface area contributed by atoms with Gasteiger partial charge in [-0.25, -0.2) is 18.5 Å². The van der Waals surface area contributed by atoms with E-state index in [2.05, 4.69) is 15.3 Å². The summed E-state index contributed by atoms with van der Waals surface area (Å²) in [5.41, 5.74) is 0.660. The SMILES string of the molecule is CC(c1ccc(S(N)(=O)=O)cc1)N(C)c1ncc([N+](=O)[O-])c(NC2CC2)n1. The van der Waals surface area contributed by atoms with Crippen molar-refractivity contribution in [2.75, 3.05) is 17.3 Å². The minimum Gasteiger partial charge on any atom is -0.361 e. The zero-order valence-electron chi connectivity index (χ0n) is 14.9. The molecule has 1 saturated carbocycles. The molecule has 1 aromatic heterocycles. The molecule has 0 saturated heterocycles. The van der Waals surface area contributed by atoms with Crippen LogP contribution in [0.4, 0.5) is 17.5 Å². The van der Waals surface area contributed by atoms with Crippen LogP contribution in [0, 0.1) is 10.1 Å². The van der Waals surface area contributed by atoms with Gasteiger partial charge in [-0.05, 0) is 37.5 Å². The molecule has 3 rings (SSSR count). The number of aromatic nitrogens is 2. The first kappa shape index (κ1) is 19.0. The van der Waals surface area contributed by atoms with E-state index >= 15 is 0 Å². The maximum absolute atomic E-state index is 11.4. The average molecular weight is 392 g/mol. The lowest BCUT2D eigenvalue weighted by atomic mass is 10.1. The predicted molar refractivity (Wildman–Crippen MR) is 100.0 cm³/mol. The maximum Gasteiger partial charge on any atom is 0.329 e. The molecule has 0 aliphatic heterocycles. The van der Waals surface area contributed by atoms with Gasteiger partial charge in [-0.15, -0.1) is 0 Å². The highest BCUT2D eigenvalue weighted by Gasteiger charge is 2.27. The zero-order chi connectivity index (χ0) is 19.8. The van der Waals surface area contributed by atoms with Crippen molar-refractivity contribution in [3.8, 4) is 0 Å². The summed E-state index contributed by atoms with van der Waals surface area (Å²) in [6.07, 6.45) is 3.11. The zero-order valence-corrected chi connectivity index (χ0v) is 15.7. The van der Waals surface area contributed by atoms with Crippen molar-refractivity contribution in [3.63, 3.8) is 0 Å². The molecular formula is C16H20N6O4S. The monoisotopic (exact) mass is 392 g/mol. The third kappa shape index (κ3) is 4.31. The Balaban J connectivity index is 1.85. The molecule has 0 radical (unpaired) electrons. The molecule has 144 valence electrons. The van der Waals surface area contributed by atoms with Crippen molar-refractivity contribution in [2.45, 2.75) is 36.7 Å². The fraction of sp³-hybridized carbons (Fsp3) is 0.375. The van der Waals surface area contributed by atoms with Gasteiger partial charge in [-0.3, -0.25) is 10.1 Å². The van der Waals surface area contributed by atoms with Crippen molar-refractivity contribution in [1.29, 1.82) is 0 Å². The largest absolute Gasteiger partial charge is 0.361 e. The van der Waals surface area contributed by atoms with Crippen LogP contribution >= 0.6 is 0 Å². The second-order valence-electron chi connectivity index (χ2n) is 6.48. The summed E-state index contributed by atoms with van der Waals surface area (Å²) >= 11 is 0. The molecule has 2 aromatic rings. The molecule has 1 aliphatic rings. The molecule has 0 spiro atoms. The number of sulfonamides is 1. The molecule has 0 amide bonds. The Labute approximate surface area is 156 Å². The van der Waals surface area contributed by atoms with Gasteiger partial charge >= 0.3 is 5.69 Å². The molecule has 1 aliphatic carbocycles. The summed E-state index contributed by atoms with van der Waals surface area (Å²) in [7, 11) is -1.99. The van der Waals surface area contributed by atoms with E-state index in [0.29, 0.717) is 5.95 Å². The fourth-order valence-corrected chi connectivity index (χ4v) is 3.05. The number of hydrogen-bond donors (Lipinski definition) is 2. The lowest BCUT2D eigenvalue weighted by Crippen LogP contribution is -2.24. The minimum absolute atomic E-state index is 0.0311. The Morgan fingerprint density at radius 1 is 1.33 bits per heavy atom. The summed E-state index contributed by atoms with van der Waals surface area (Å²) in [5.74, 6) is 0.530. The normalized spacial score (nSPS) is 15.2. The molecule has 1 atom stereocenters. The van der Waals surface area contributed by atoms with Gasteiger partial charge < -0.3 is 10.2 Å². The summed E-state index contributed by atoms with van der Waals surface area (Å²) in [5, 5.41) is 19.4. The molecule has 1 aromatic carbocycles. The quantitative estimate of drug-likeness (QED) is 0.536. The predicted octanol–water partition coefficient (Wildman–Crippen LogP) is 1.80. The van der Waals surface area contributed by atoms with E-state index in [-0.39, 0.29) is 28.5 Å². The first-order valence-corrected chi connectivity index (χ1v) is 9.85. The van der Waals surface area contributed by atoms with E-state index in [4.69, 9.17) is 5.14 Å². The lowest BCUT2D eigenvalue weighted by Gasteiger charge is -2.25. The molecule has 1 unspecified atom stereocenters. The first-order chi connectivity index (χ1) is 12.7. The summed E-state index contributed by atoms with van der Waals surface area (Å²) in [6.45, 7) is 1.89. The van der Waals surface area contributed by atoms with Crippen molar-refractivity contribution < 1.29 is 13.3 Å². The number of anilines is 2. The highest BCUT2D eigenvalue weighted by atomic mass is 32.2. The van der Waals surface area contributed by atoms with Crippen LogP contribution < -0.4 is 15.4 Å². The van der Waals surface area contributed by atoms with Gasteiger partial charge in [-0.2, -0.15) is 4.98 Å². The van der Waals surface area contributed by atoms with Gasteiger partial charge in [0.25, 0.3) is 0 Å². The van der Waals surface area contributed by atoms with Crippen LogP contribution in [-0.2, 0) is 10.0 Å². The number of benzene rings is 1. The average Bonchev–Trinajstić information content (AvgIpc) is 3.43. The Morgan fingerprint density at radius 2 is 1.96 bits per heavy atom. The van der Waals surface area contributed by atoms with Gasteiger partial charge in [0, 0.05) is 13.1 Å². The van der Waals surface area contributed by atoms with E-state index in [9.17, 15) is 18.5 Å². The van der Waals surface area contributed by atoms with Gasteiger partial charge in [0.1, 0.15) is 6.20 Å². The van der Waals surface area contributed by atoms with Crippen LogP contribution in [0.5, 0.6) is 0 Å². The minimum atomic E-state index is -3.75.